The van der Waals surface area contributed by atoms with Crippen LogP contribution in [0.4, 0.5) is 14.9 Å². The van der Waals surface area contributed by atoms with Gasteiger partial charge in [-0.1, -0.05) is 11.6 Å². The Hall–Kier alpha value is -0.660. The third-order valence-corrected chi connectivity index (χ3v) is 1.64. The third-order valence-electron chi connectivity index (χ3n) is 1.19. The Labute approximate surface area is 76.3 Å². The van der Waals surface area contributed by atoms with Crippen molar-refractivity contribution in [3.8, 4) is 0 Å². The number of benzene rings is 1. The van der Waals surface area contributed by atoms with E-state index in [1.54, 1.807) is 0 Å². The van der Waals surface area contributed by atoms with Gasteiger partial charge in [0.15, 0.2) is 0 Å². The van der Waals surface area contributed by atoms with E-state index in [2.05, 4.69) is 5.32 Å². The van der Waals surface area contributed by atoms with Gasteiger partial charge in [0, 0.05) is 5.69 Å². The summed E-state index contributed by atoms with van der Waals surface area (Å²) in [5, 5.41) is 2.44. The van der Waals surface area contributed by atoms with Crippen LogP contribution in [-0.4, -0.2) is 5.65 Å². The minimum atomic E-state index is -0.548. The van der Waals surface area contributed by atoms with Crippen molar-refractivity contribution in [1.29, 1.82) is 0 Å². The van der Waals surface area contributed by atoms with Gasteiger partial charge >= 0.3 is 0 Å². The molecule has 1 atom stereocenters. The maximum Gasteiger partial charge on any atom is 0.239 e. The Morgan fingerprint density at radius 3 is 2.75 bits per heavy atom. The van der Waals surface area contributed by atoms with Crippen LogP contribution in [0.25, 0.3) is 0 Å². The van der Waals surface area contributed by atoms with Crippen molar-refractivity contribution >= 4 is 32.2 Å². The fourth-order valence-corrected chi connectivity index (χ4v) is 1.00. The zero-order valence-corrected chi connectivity index (χ0v) is 7.88. The van der Waals surface area contributed by atoms with E-state index in [-0.39, 0.29) is 10.7 Å². The number of anilines is 1. The molecular weight excluding hydrogens is 200 g/mol. The maximum absolute atomic E-state index is 12.7. The van der Waals surface area contributed by atoms with Crippen molar-refractivity contribution < 1.29 is 9.18 Å². The fraction of sp³-hybridized carbons (Fsp3) is 0. The summed E-state index contributed by atoms with van der Waals surface area (Å²) in [6.07, 6.45) is 0. The van der Waals surface area contributed by atoms with Crippen LogP contribution >= 0.6 is 20.8 Å². The predicted molar refractivity (Wildman–Crippen MR) is 50.1 cm³/mol. The first-order chi connectivity index (χ1) is 5.59. The van der Waals surface area contributed by atoms with Crippen LogP contribution in [0.15, 0.2) is 18.2 Å². The van der Waals surface area contributed by atoms with Crippen LogP contribution in [0.5, 0.6) is 0 Å². The molecule has 0 saturated heterocycles. The smallest absolute Gasteiger partial charge is 0.239 e. The number of halogens is 2. The molecule has 12 heavy (non-hydrogen) atoms. The second-order valence-corrected chi connectivity index (χ2v) is 3.05. The molecule has 0 bridgehead atoms. The van der Waals surface area contributed by atoms with E-state index in [4.69, 9.17) is 11.6 Å². The lowest BCUT2D eigenvalue weighted by atomic mass is 10.3. The highest BCUT2D eigenvalue weighted by atomic mass is 35.5. The molecule has 5 heteroatoms. The van der Waals surface area contributed by atoms with Gasteiger partial charge in [-0.15, -0.1) is 0 Å². The normalized spacial score (nSPS) is 9.58. The molecule has 0 aliphatic carbocycles. The van der Waals surface area contributed by atoms with Crippen LogP contribution < -0.4 is 5.32 Å². The molecule has 1 amide bonds. The lowest BCUT2D eigenvalue weighted by molar-refractivity contribution is 0.269. The van der Waals surface area contributed by atoms with Crippen molar-refractivity contribution in [1.82, 2.24) is 0 Å². The quantitative estimate of drug-likeness (QED) is 0.702. The minimum Gasteiger partial charge on any atom is -0.323 e. The van der Waals surface area contributed by atoms with Crippen LogP contribution in [0.3, 0.4) is 0 Å². The number of rotatable bonds is 1. The van der Waals surface area contributed by atoms with Gasteiger partial charge in [-0.25, -0.2) is 4.39 Å². The molecule has 1 aromatic rings. The molecule has 0 saturated carbocycles. The molecule has 0 aliphatic heterocycles. The molecule has 0 fully saturated rings. The van der Waals surface area contributed by atoms with E-state index >= 15 is 0 Å². The van der Waals surface area contributed by atoms with Gasteiger partial charge in [0.05, 0.1) is 5.02 Å². The van der Waals surface area contributed by atoms with E-state index in [0.717, 1.165) is 6.07 Å². The first-order valence-corrected chi connectivity index (χ1v) is 4.06. The van der Waals surface area contributed by atoms with Crippen LogP contribution in [0.1, 0.15) is 0 Å². The van der Waals surface area contributed by atoms with Crippen molar-refractivity contribution in [2.24, 2.45) is 0 Å². The summed E-state index contributed by atoms with van der Waals surface area (Å²) < 4.78 is 12.7. The molecule has 0 radical (unpaired) electrons. The Balaban J connectivity index is 2.89. The summed E-state index contributed by atoms with van der Waals surface area (Å²) in [5.41, 5.74) is 0.0635. The number of amides is 1. The number of hydrogen-bond donors (Lipinski definition) is 1. The second-order valence-electron chi connectivity index (χ2n) is 2.12. The second kappa shape index (κ2) is 3.83. The molecule has 1 aromatic carbocycles. The average molecular weight is 206 g/mol. The highest BCUT2D eigenvalue weighted by Gasteiger charge is 2.01. The first kappa shape index (κ1) is 9.43. The zero-order chi connectivity index (χ0) is 9.14. The zero-order valence-electron chi connectivity index (χ0n) is 5.97. The van der Waals surface area contributed by atoms with E-state index in [1.165, 1.54) is 12.1 Å². The summed E-state index contributed by atoms with van der Waals surface area (Å²) in [4.78, 5) is 10.5. The van der Waals surface area contributed by atoms with E-state index in [9.17, 15) is 9.18 Å². The summed E-state index contributed by atoms with van der Waals surface area (Å²) >= 11 is 5.42. The van der Waals surface area contributed by atoms with Crippen molar-refractivity contribution in [3.05, 3.63) is 29.0 Å². The van der Waals surface area contributed by atoms with Gasteiger partial charge < -0.3 is 5.32 Å². The number of carbonyl (C=O) groups excluding carboxylic acids is 1. The summed E-state index contributed by atoms with van der Waals surface area (Å²) in [7, 11) is 1.93. The summed E-state index contributed by atoms with van der Waals surface area (Å²) in [6, 6.07) is 4.06. The van der Waals surface area contributed by atoms with Gasteiger partial charge in [0.2, 0.25) is 5.65 Å². The highest BCUT2D eigenvalue weighted by Crippen LogP contribution is 2.18. The minimum absolute atomic E-state index is 0.0387. The van der Waals surface area contributed by atoms with Gasteiger partial charge in [0.25, 0.3) is 0 Å². The van der Waals surface area contributed by atoms with Crippen LogP contribution in [-0.2, 0) is 0 Å². The lowest BCUT2D eigenvalue weighted by Gasteiger charge is -2.01. The number of carbonyl (C=O) groups is 1. The van der Waals surface area contributed by atoms with E-state index < -0.39 is 5.82 Å². The Kier molecular flexibility index (Phi) is 3.01. The van der Waals surface area contributed by atoms with Crippen molar-refractivity contribution in [2.45, 2.75) is 0 Å². The molecule has 2 nitrogen and oxygen atoms in total. The molecule has 64 valence electrons. The fourth-order valence-electron chi connectivity index (χ4n) is 0.716. The molecule has 1 unspecified atom stereocenters. The molecule has 0 heterocycles. The van der Waals surface area contributed by atoms with E-state index in [1.807, 2.05) is 9.24 Å². The first-order valence-electron chi connectivity index (χ1n) is 3.11. The molecule has 0 aromatic heterocycles. The lowest BCUT2D eigenvalue weighted by Crippen LogP contribution is -2.00. The van der Waals surface area contributed by atoms with Crippen molar-refractivity contribution in [2.75, 3.05) is 5.32 Å². The largest absolute Gasteiger partial charge is 0.323 e. The SMILES string of the molecule is O=C(P)Nc1ccc(Cl)c(F)c1. The standard InChI is InChI=1S/C7H6ClFNOP/c8-5-2-1-4(3-6(5)9)10-7(11)12/h1-3H,12H2,(H,10,11). The average Bonchev–Trinajstić information content (AvgIpc) is 1.96. The third kappa shape index (κ3) is 2.43. The maximum atomic E-state index is 12.7. The molecule has 1 N–H and O–H groups in total. The topological polar surface area (TPSA) is 29.1 Å². The van der Waals surface area contributed by atoms with Gasteiger partial charge in [-0.05, 0) is 27.4 Å². The monoisotopic (exact) mass is 205 g/mol. The van der Waals surface area contributed by atoms with Crippen LogP contribution in [0, 0.1) is 5.82 Å². The number of hydrogen-bond acceptors (Lipinski definition) is 1. The molecule has 1 rings (SSSR count). The Bertz CT molecular complexity index is 318. The molecule has 0 spiro atoms. The Morgan fingerprint density at radius 1 is 1.58 bits per heavy atom. The molecule has 0 aliphatic rings. The number of nitrogens with one attached hydrogen (secondary N) is 1. The highest BCUT2D eigenvalue weighted by molar-refractivity contribution is 7.40. The summed E-state index contributed by atoms with van der Waals surface area (Å²) in [6.45, 7) is 0. The molecular formula is C7H6ClFNOP. The van der Waals surface area contributed by atoms with Gasteiger partial charge in [-0.2, -0.15) is 0 Å². The summed E-state index contributed by atoms with van der Waals surface area (Å²) in [5.74, 6) is -0.548. The van der Waals surface area contributed by atoms with E-state index in [0.29, 0.717) is 5.69 Å². The van der Waals surface area contributed by atoms with Gasteiger partial charge in [-0.3, -0.25) is 4.79 Å². The Morgan fingerprint density at radius 2 is 2.25 bits per heavy atom. The van der Waals surface area contributed by atoms with Gasteiger partial charge in [0.1, 0.15) is 5.82 Å². The van der Waals surface area contributed by atoms with Crippen LogP contribution in [0.2, 0.25) is 5.02 Å². The van der Waals surface area contributed by atoms with Crippen molar-refractivity contribution in [3.63, 3.8) is 0 Å². The predicted octanol–water partition coefficient (Wildman–Crippen LogP) is 2.89.